The molecule has 1 aromatic carbocycles. The second-order valence-corrected chi connectivity index (χ2v) is 4.58. The van der Waals surface area contributed by atoms with Gasteiger partial charge in [0, 0.05) is 25.0 Å². The highest BCUT2D eigenvalue weighted by atomic mass is 19.4. The standard InChI is InChI=1S/C15H15F3N2/c1-11(20-10-12-6-8-19-9-7-12)13-2-4-14(5-3-13)15(16,17)18/h2-9,11,20H,10H2,1H3. The lowest BCUT2D eigenvalue weighted by atomic mass is 10.1. The lowest BCUT2D eigenvalue weighted by molar-refractivity contribution is -0.137. The van der Waals surface area contributed by atoms with Crippen molar-refractivity contribution in [3.05, 3.63) is 65.5 Å². The van der Waals surface area contributed by atoms with Crippen molar-refractivity contribution < 1.29 is 13.2 Å². The van der Waals surface area contributed by atoms with Crippen LogP contribution in [0.4, 0.5) is 13.2 Å². The number of halogens is 3. The van der Waals surface area contributed by atoms with Gasteiger partial charge in [-0.05, 0) is 42.3 Å². The second-order valence-electron chi connectivity index (χ2n) is 4.58. The minimum Gasteiger partial charge on any atom is -0.306 e. The summed E-state index contributed by atoms with van der Waals surface area (Å²) in [6.45, 7) is 2.56. The van der Waals surface area contributed by atoms with E-state index in [0.29, 0.717) is 6.54 Å². The van der Waals surface area contributed by atoms with Gasteiger partial charge in [-0.1, -0.05) is 12.1 Å². The molecule has 1 atom stereocenters. The average molecular weight is 280 g/mol. The molecule has 0 aliphatic carbocycles. The molecule has 1 unspecified atom stereocenters. The molecule has 0 amide bonds. The molecule has 2 rings (SSSR count). The van der Waals surface area contributed by atoms with Crippen LogP contribution < -0.4 is 5.32 Å². The number of rotatable bonds is 4. The van der Waals surface area contributed by atoms with Crippen LogP contribution in [0.5, 0.6) is 0 Å². The fourth-order valence-electron chi connectivity index (χ4n) is 1.85. The molecule has 1 heterocycles. The highest BCUT2D eigenvalue weighted by Crippen LogP contribution is 2.29. The molecule has 0 fully saturated rings. The Morgan fingerprint density at radius 2 is 1.65 bits per heavy atom. The average Bonchev–Trinajstić information content (AvgIpc) is 2.45. The lowest BCUT2D eigenvalue weighted by Gasteiger charge is -2.15. The number of nitrogens with zero attached hydrogens (tertiary/aromatic N) is 1. The third kappa shape index (κ3) is 3.81. The van der Waals surface area contributed by atoms with Crippen molar-refractivity contribution in [3.63, 3.8) is 0 Å². The normalized spacial score (nSPS) is 13.2. The van der Waals surface area contributed by atoms with Gasteiger partial charge < -0.3 is 5.32 Å². The van der Waals surface area contributed by atoms with Gasteiger partial charge in [0.15, 0.2) is 0 Å². The number of pyridine rings is 1. The predicted octanol–water partition coefficient (Wildman–Crippen LogP) is 3.95. The maximum atomic E-state index is 12.5. The molecule has 1 N–H and O–H groups in total. The molecule has 0 aliphatic heterocycles. The molecule has 0 radical (unpaired) electrons. The van der Waals surface area contributed by atoms with Crippen molar-refractivity contribution in [2.24, 2.45) is 0 Å². The number of nitrogens with one attached hydrogen (secondary N) is 1. The Bertz CT molecular complexity index is 535. The van der Waals surface area contributed by atoms with E-state index in [-0.39, 0.29) is 6.04 Å². The van der Waals surface area contributed by atoms with Crippen LogP contribution in [0.2, 0.25) is 0 Å². The van der Waals surface area contributed by atoms with Crippen molar-refractivity contribution >= 4 is 0 Å². The van der Waals surface area contributed by atoms with E-state index < -0.39 is 11.7 Å². The zero-order chi connectivity index (χ0) is 14.6. The van der Waals surface area contributed by atoms with E-state index >= 15 is 0 Å². The molecular formula is C15H15F3N2. The summed E-state index contributed by atoms with van der Waals surface area (Å²) in [5, 5.41) is 3.26. The van der Waals surface area contributed by atoms with Crippen molar-refractivity contribution in [1.29, 1.82) is 0 Å². The molecule has 2 aromatic rings. The topological polar surface area (TPSA) is 24.9 Å². The molecule has 0 saturated carbocycles. The van der Waals surface area contributed by atoms with E-state index in [9.17, 15) is 13.2 Å². The van der Waals surface area contributed by atoms with E-state index in [2.05, 4.69) is 10.3 Å². The van der Waals surface area contributed by atoms with Gasteiger partial charge in [-0.3, -0.25) is 4.98 Å². The van der Waals surface area contributed by atoms with Gasteiger partial charge in [-0.2, -0.15) is 13.2 Å². The Hall–Kier alpha value is -1.88. The number of benzene rings is 1. The second kappa shape index (κ2) is 6.05. The Kier molecular flexibility index (Phi) is 4.39. The first kappa shape index (κ1) is 14.5. The van der Waals surface area contributed by atoms with Crippen LogP contribution in [0.25, 0.3) is 0 Å². The highest BCUT2D eigenvalue weighted by molar-refractivity contribution is 5.26. The van der Waals surface area contributed by atoms with Crippen LogP contribution in [-0.4, -0.2) is 4.98 Å². The molecule has 1 aromatic heterocycles. The monoisotopic (exact) mass is 280 g/mol. The van der Waals surface area contributed by atoms with Crippen LogP contribution in [0.3, 0.4) is 0 Å². The number of hydrogen-bond donors (Lipinski definition) is 1. The van der Waals surface area contributed by atoms with Gasteiger partial charge in [-0.25, -0.2) is 0 Å². The van der Waals surface area contributed by atoms with Gasteiger partial charge >= 0.3 is 6.18 Å². The molecule has 5 heteroatoms. The minimum absolute atomic E-state index is 0.0227. The van der Waals surface area contributed by atoms with E-state index in [1.54, 1.807) is 12.4 Å². The fraction of sp³-hybridized carbons (Fsp3) is 0.267. The smallest absolute Gasteiger partial charge is 0.306 e. The summed E-state index contributed by atoms with van der Waals surface area (Å²) in [6.07, 6.45) is -0.869. The van der Waals surface area contributed by atoms with Crippen molar-refractivity contribution in [2.45, 2.75) is 25.7 Å². The van der Waals surface area contributed by atoms with Gasteiger partial charge in [0.25, 0.3) is 0 Å². The lowest BCUT2D eigenvalue weighted by Crippen LogP contribution is -2.18. The third-order valence-corrected chi connectivity index (χ3v) is 3.10. The minimum atomic E-state index is -4.29. The number of aromatic nitrogens is 1. The van der Waals surface area contributed by atoms with E-state index in [0.717, 1.165) is 23.3 Å². The van der Waals surface area contributed by atoms with Gasteiger partial charge in [0.05, 0.1) is 5.56 Å². The summed E-state index contributed by atoms with van der Waals surface area (Å²) in [4.78, 5) is 3.93. The molecule has 0 aliphatic rings. The van der Waals surface area contributed by atoms with Crippen LogP contribution in [0, 0.1) is 0 Å². The summed E-state index contributed by atoms with van der Waals surface area (Å²) in [5.41, 5.74) is 1.29. The van der Waals surface area contributed by atoms with Crippen LogP contribution >= 0.6 is 0 Å². The Morgan fingerprint density at radius 3 is 2.20 bits per heavy atom. The summed E-state index contributed by atoms with van der Waals surface area (Å²) in [5.74, 6) is 0. The molecular weight excluding hydrogens is 265 g/mol. The van der Waals surface area contributed by atoms with E-state index in [4.69, 9.17) is 0 Å². The highest BCUT2D eigenvalue weighted by Gasteiger charge is 2.30. The number of hydrogen-bond acceptors (Lipinski definition) is 2. The quantitative estimate of drug-likeness (QED) is 0.917. The Labute approximate surface area is 115 Å². The summed E-state index contributed by atoms with van der Waals surface area (Å²) in [6, 6.07) is 9.00. The predicted molar refractivity (Wildman–Crippen MR) is 70.9 cm³/mol. The van der Waals surface area contributed by atoms with Gasteiger partial charge in [0.1, 0.15) is 0 Å². The summed E-state index contributed by atoms with van der Waals surface area (Å²) < 4.78 is 37.4. The molecule has 20 heavy (non-hydrogen) atoms. The molecule has 2 nitrogen and oxygen atoms in total. The maximum absolute atomic E-state index is 12.5. The fourth-order valence-corrected chi connectivity index (χ4v) is 1.85. The van der Waals surface area contributed by atoms with E-state index in [1.807, 2.05) is 19.1 Å². The van der Waals surface area contributed by atoms with Gasteiger partial charge in [-0.15, -0.1) is 0 Å². The van der Waals surface area contributed by atoms with Crippen molar-refractivity contribution in [3.8, 4) is 0 Å². The first-order valence-corrected chi connectivity index (χ1v) is 6.26. The molecule has 0 saturated heterocycles. The zero-order valence-corrected chi connectivity index (χ0v) is 11.0. The zero-order valence-electron chi connectivity index (χ0n) is 11.0. The summed E-state index contributed by atoms with van der Waals surface area (Å²) >= 11 is 0. The summed E-state index contributed by atoms with van der Waals surface area (Å²) in [7, 11) is 0. The van der Waals surface area contributed by atoms with Crippen molar-refractivity contribution in [1.82, 2.24) is 10.3 Å². The third-order valence-electron chi connectivity index (χ3n) is 3.10. The van der Waals surface area contributed by atoms with Crippen LogP contribution in [0.15, 0.2) is 48.8 Å². The maximum Gasteiger partial charge on any atom is 0.416 e. The molecule has 0 spiro atoms. The Balaban J connectivity index is 1.97. The molecule has 106 valence electrons. The van der Waals surface area contributed by atoms with Crippen molar-refractivity contribution in [2.75, 3.05) is 0 Å². The molecule has 0 bridgehead atoms. The SMILES string of the molecule is CC(NCc1ccncc1)c1ccc(C(F)(F)F)cc1. The number of alkyl halides is 3. The Morgan fingerprint density at radius 1 is 1.05 bits per heavy atom. The van der Waals surface area contributed by atoms with Crippen LogP contribution in [-0.2, 0) is 12.7 Å². The van der Waals surface area contributed by atoms with Crippen LogP contribution in [0.1, 0.15) is 29.7 Å². The van der Waals surface area contributed by atoms with E-state index in [1.165, 1.54) is 12.1 Å². The first-order valence-electron chi connectivity index (χ1n) is 6.26. The first-order chi connectivity index (χ1) is 9.47. The van der Waals surface area contributed by atoms with Gasteiger partial charge in [0.2, 0.25) is 0 Å². The largest absolute Gasteiger partial charge is 0.416 e.